The lowest BCUT2D eigenvalue weighted by molar-refractivity contribution is -0.307. The monoisotopic (exact) mass is 323 g/mol. The van der Waals surface area contributed by atoms with Gasteiger partial charge in [0.2, 0.25) is 0 Å². The van der Waals surface area contributed by atoms with E-state index >= 15 is 0 Å². The highest BCUT2D eigenvalue weighted by molar-refractivity contribution is 6.06. The lowest BCUT2D eigenvalue weighted by atomic mass is 10.0. The average Bonchev–Trinajstić information content (AvgIpc) is 2.58. The standard InChI is InChI=1S/C20H20O4/c1-14(2)16-6-8-17(9-7-16)19(21)12-5-15-3-10-18(11-4-15)24-13-20(22)23/h3-12,14H,13H2,1-2H3,(H,22,23)/p-1/b12-5+. The summed E-state index contributed by atoms with van der Waals surface area (Å²) in [6, 6.07) is 14.4. The first-order valence-corrected chi connectivity index (χ1v) is 7.71. The van der Waals surface area contributed by atoms with E-state index in [9.17, 15) is 14.7 Å². The summed E-state index contributed by atoms with van der Waals surface area (Å²) in [4.78, 5) is 22.5. The third-order valence-electron chi connectivity index (χ3n) is 3.53. The molecule has 0 unspecified atom stereocenters. The van der Waals surface area contributed by atoms with Crippen LogP contribution in [0.5, 0.6) is 5.75 Å². The number of aliphatic carboxylic acids is 1. The van der Waals surface area contributed by atoms with Gasteiger partial charge in [-0.05, 0) is 35.3 Å². The van der Waals surface area contributed by atoms with Crippen molar-refractivity contribution < 1.29 is 19.4 Å². The predicted molar refractivity (Wildman–Crippen MR) is 90.8 cm³/mol. The molecule has 2 aromatic carbocycles. The van der Waals surface area contributed by atoms with Gasteiger partial charge in [-0.3, -0.25) is 4.79 Å². The number of rotatable bonds is 7. The van der Waals surface area contributed by atoms with Crippen LogP contribution in [0.2, 0.25) is 0 Å². The normalized spacial score (nSPS) is 11.0. The highest BCUT2D eigenvalue weighted by Gasteiger charge is 2.03. The number of allylic oxidation sites excluding steroid dienone is 1. The van der Waals surface area contributed by atoms with Crippen LogP contribution in [0.1, 0.15) is 41.3 Å². The fraction of sp³-hybridized carbons (Fsp3) is 0.200. The molecule has 0 amide bonds. The van der Waals surface area contributed by atoms with Gasteiger partial charge in [-0.2, -0.15) is 0 Å². The zero-order valence-electron chi connectivity index (χ0n) is 13.7. The Balaban J connectivity index is 1.99. The summed E-state index contributed by atoms with van der Waals surface area (Å²) < 4.78 is 4.99. The van der Waals surface area contributed by atoms with Crippen LogP contribution in [0.4, 0.5) is 0 Å². The Labute approximate surface area is 141 Å². The van der Waals surface area contributed by atoms with E-state index in [1.165, 1.54) is 11.6 Å². The van der Waals surface area contributed by atoms with Crippen molar-refractivity contribution in [2.75, 3.05) is 6.61 Å². The Morgan fingerprint density at radius 1 is 1.04 bits per heavy atom. The topological polar surface area (TPSA) is 66.4 Å². The molecule has 0 N–H and O–H groups in total. The molecule has 0 saturated carbocycles. The maximum absolute atomic E-state index is 12.2. The van der Waals surface area contributed by atoms with Crippen LogP contribution in [0.3, 0.4) is 0 Å². The van der Waals surface area contributed by atoms with Gasteiger partial charge < -0.3 is 14.6 Å². The molecule has 2 aromatic rings. The lowest BCUT2D eigenvalue weighted by Crippen LogP contribution is -2.28. The minimum Gasteiger partial charge on any atom is -0.546 e. The SMILES string of the molecule is CC(C)c1ccc(C(=O)/C=C/c2ccc(OCC(=O)[O-])cc2)cc1. The van der Waals surface area contributed by atoms with E-state index in [0.717, 1.165) is 5.56 Å². The van der Waals surface area contributed by atoms with E-state index in [-0.39, 0.29) is 5.78 Å². The van der Waals surface area contributed by atoms with Gasteiger partial charge in [0.1, 0.15) is 12.4 Å². The van der Waals surface area contributed by atoms with Crippen LogP contribution in [-0.2, 0) is 4.79 Å². The van der Waals surface area contributed by atoms with Gasteiger partial charge in [0, 0.05) is 5.56 Å². The van der Waals surface area contributed by atoms with Crippen molar-refractivity contribution in [3.8, 4) is 5.75 Å². The zero-order valence-corrected chi connectivity index (χ0v) is 13.7. The van der Waals surface area contributed by atoms with E-state index in [2.05, 4.69) is 13.8 Å². The Morgan fingerprint density at radius 3 is 2.21 bits per heavy atom. The van der Waals surface area contributed by atoms with Crippen LogP contribution in [-0.4, -0.2) is 18.4 Å². The number of ether oxygens (including phenoxy) is 1. The number of carbonyl (C=O) groups excluding carboxylic acids is 2. The molecule has 24 heavy (non-hydrogen) atoms. The van der Waals surface area contributed by atoms with Crippen LogP contribution < -0.4 is 9.84 Å². The van der Waals surface area contributed by atoms with Crippen molar-refractivity contribution in [2.45, 2.75) is 19.8 Å². The number of carboxylic acids is 1. The van der Waals surface area contributed by atoms with Crippen LogP contribution in [0.15, 0.2) is 54.6 Å². The minimum absolute atomic E-state index is 0.0671. The predicted octanol–water partition coefficient (Wildman–Crippen LogP) is 2.83. The maximum atomic E-state index is 12.2. The first-order chi connectivity index (χ1) is 11.5. The van der Waals surface area contributed by atoms with Crippen molar-refractivity contribution in [2.24, 2.45) is 0 Å². The fourth-order valence-electron chi connectivity index (χ4n) is 2.12. The lowest BCUT2D eigenvalue weighted by Gasteiger charge is -2.06. The van der Waals surface area contributed by atoms with Gasteiger partial charge in [-0.1, -0.05) is 56.3 Å². The summed E-state index contributed by atoms with van der Waals surface area (Å²) in [5.41, 5.74) is 2.66. The zero-order chi connectivity index (χ0) is 17.5. The molecular formula is C20H19O4-. The van der Waals surface area contributed by atoms with Crippen molar-refractivity contribution in [1.82, 2.24) is 0 Å². The molecule has 0 fully saturated rings. The van der Waals surface area contributed by atoms with E-state index < -0.39 is 12.6 Å². The molecule has 124 valence electrons. The van der Waals surface area contributed by atoms with E-state index in [1.54, 1.807) is 30.3 Å². The molecule has 0 heterocycles. The summed E-state index contributed by atoms with van der Waals surface area (Å²) >= 11 is 0. The number of carbonyl (C=O) groups is 2. The number of carboxylic acid groups (broad SMARTS) is 1. The van der Waals surface area contributed by atoms with Gasteiger partial charge in [0.25, 0.3) is 0 Å². The minimum atomic E-state index is -1.27. The molecule has 0 aliphatic carbocycles. The molecule has 0 atom stereocenters. The summed E-state index contributed by atoms with van der Waals surface area (Å²) in [5, 5.41) is 10.3. The number of hydrogen-bond acceptors (Lipinski definition) is 4. The molecule has 0 aliphatic heterocycles. The largest absolute Gasteiger partial charge is 0.546 e. The summed E-state index contributed by atoms with van der Waals surface area (Å²) in [5.74, 6) is -0.468. The molecular weight excluding hydrogens is 304 g/mol. The Morgan fingerprint density at radius 2 is 1.67 bits per heavy atom. The van der Waals surface area contributed by atoms with Gasteiger partial charge in [0.05, 0.1) is 5.97 Å². The molecule has 2 rings (SSSR count). The molecule has 4 nitrogen and oxygen atoms in total. The second-order valence-corrected chi connectivity index (χ2v) is 5.70. The van der Waals surface area contributed by atoms with Crippen molar-refractivity contribution in [3.63, 3.8) is 0 Å². The molecule has 0 saturated heterocycles. The summed E-state index contributed by atoms with van der Waals surface area (Å²) in [6.45, 7) is 3.73. The third kappa shape index (κ3) is 5.09. The molecule has 0 aromatic heterocycles. The van der Waals surface area contributed by atoms with Crippen molar-refractivity contribution >= 4 is 17.8 Å². The second-order valence-electron chi connectivity index (χ2n) is 5.70. The van der Waals surface area contributed by atoms with Gasteiger partial charge >= 0.3 is 0 Å². The van der Waals surface area contributed by atoms with Crippen LogP contribution in [0, 0.1) is 0 Å². The van der Waals surface area contributed by atoms with Gasteiger partial charge in [-0.25, -0.2) is 0 Å². The van der Waals surface area contributed by atoms with Crippen molar-refractivity contribution in [1.29, 1.82) is 0 Å². The Hall–Kier alpha value is -2.88. The Bertz CT molecular complexity index is 725. The number of benzene rings is 2. The summed E-state index contributed by atoms with van der Waals surface area (Å²) in [7, 11) is 0. The third-order valence-corrected chi connectivity index (χ3v) is 3.53. The Kier molecular flexibility index (Phi) is 5.90. The molecule has 0 spiro atoms. The molecule has 0 radical (unpaired) electrons. The average molecular weight is 323 g/mol. The summed E-state index contributed by atoms with van der Waals surface area (Å²) in [6.07, 6.45) is 3.22. The van der Waals surface area contributed by atoms with Gasteiger partial charge in [-0.15, -0.1) is 0 Å². The van der Waals surface area contributed by atoms with E-state index in [0.29, 0.717) is 17.2 Å². The van der Waals surface area contributed by atoms with Crippen molar-refractivity contribution in [3.05, 3.63) is 71.3 Å². The second kappa shape index (κ2) is 8.11. The highest BCUT2D eigenvalue weighted by Crippen LogP contribution is 2.16. The van der Waals surface area contributed by atoms with Gasteiger partial charge in [0.15, 0.2) is 5.78 Å². The van der Waals surface area contributed by atoms with Crippen LogP contribution >= 0.6 is 0 Å². The van der Waals surface area contributed by atoms with E-state index in [4.69, 9.17) is 4.74 Å². The fourth-order valence-corrected chi connectivity index (χ4v) is 2.12. The quantitative estimate of drug-likeness (QED) is 0.580. The van der Waals surface area contributed by atoms with E-state index in [1.807, 2.05) is 24.3 Å². The highest BCUT2D eigenvalue weighted by atomic mass is 16.5. The molecule has 4 heteroatoms. The maximum Gasteiger partial charge on any atom is 0.185 e. The molecule has 0 bridgehead atoms. The first kappa shape index (κ1) is 17.5. The number of hydrogen-bond donors (Lipinski definition) is 0. The van der Waals surface area contributed by atoms with Crippen LogP contribution in [0.25, 0.3) is 6.08 Å². The first-order valence-electron chi connectivity index (χ1n) is 7.71. The number of ketones is 1. The molecule has 0 aliphatic rings. The smallest absolute Gasteiger partial charge is 0.185 e.